The van der Waals surface area contributed by atoms with Gasteiger partial charge in [0.15, 0.2) is 28.8 Å². The number of aromatic carboxylic acids is 1. The van der Waals surface area contributed by atoms with Crippen molar-refractivity contribution in [3.63, 3.8) is 0 Å². The van der Waals surface area contributed by atoms with Crippen LogP contribution in [-0.4, -0.2) is 72.9 Å². The van der Waals surface area contributed by atoms with Gasteiger partial charge in [-0.15, -0.1) is 28.0 Å². The maximum atomic E-state index is 11.9. The van der Waals surface area contributed by atoms with Crippen molar-refractivity contribution in [2.75, 3.05) is 54.0 Å². The number of carboxylic acid groups (broad SMARTS) is 1. The number of ketones is 2. The van der Waals surface area contributed by atoms with Gasteiger partial charge in [0.25, 0.3) is 0 Å². The number of nitrogens with two attached hydrogens (primary N) is 3. The van der Waals surface area contributed by atoms with Crippen molar-refractivity contribution in [2.45, 2.75) is 67.1 Å². The van der Waals surface area contributed by atoms with Crippen molar-refractivity contribution < 1.29 is 72.6 Å². The zero-order chi connectivity index (χ0) is 52.9. The van der Waals surface area contributed by atoms with Crippen LogP contribution in [0.15, 0.2) is 142 Å². The van der Waals surface area contributed by atoms with Gasteiger partial charge in [0.05, 0.1) is 73.4 Å². The summed E-state index contributed by atoms with van der Waals surface area (Å²) in [4.78, 5) is 56.3. The number of rotatable bonds is 21. The number of carboxylic acids is 1. The third-order valence-electron chi connectivity index (χ3n) is 11.9. The molecule has 3 aliphatic rings. The standard InChI is InChI=1S/2C18H20N2O4S.C17H18N2O5S.2H2O/c2*1-13(21)14-11-16(20-9-5-6-10-20)18(17(12-14)25-24-23-19)22-15-7-3-2-4-8-15;18-23-24-25-15-11-12(17(20)21)10-14(19-8-4-5-9-19)16(15)22-13-6-2-1-3-7-13;;/h2*2-4,7-8,11-12H,5-6,9-10,19H2,1H3;1-3,6-7,10-11H,4-5,8-9,18H2,(H,20,21);2*1H2. The molecular formula is C53H62N6O15S3. The Labute approximate surface area is 458 Å². The summed E-state index contributed by atoms with van der Waals surface area (Å²) in [6.45, 7) is 8.44. The maximum absolute atomic E-state index is 11.9. The van der Waals surface area contributed by atoms with Crippen LogP contribution in [-0.2, 0) is 28.0 Å². The third kappa shape index (κ3) is 17.5. The molecule has 6 aromatic rings. The van der Waals surface area contributed by atoms with Gasteiger partial charge in [0.1, 0.15) is 17.2 Å². The predicted molar refractivity (Wildman–Crippen MR) is 294 cm³/mol. The van der Waals surface area contributed by atoms with Crippen molar-refractivity contribution in [1.29, 1.82) is 0 Å². The molecule has 0 unspecified atom stereocenters. The minimum absolute atomic E-state index is 0. The number of hydrogen-bond acceptors (Lipinski definition) is 21. The minimum Gasteiger partial charge on any atom is -0.478 e. The number of hydrogen-bond donors (Lipinski definition) is 4. The molecule has 21 nitrogen and oxygen atoms in total. The van der Waals surface area contributed by atoms with E-state index in [1.807, 2.05) is 103 Å². The topological polar surface area (TPSA) is 305 Å². The van der Waals surface area contributed by atoms with Crippen LogP contribution in [0.2, 0.25) is 0 Å². The number of para-hydroxylation sites is 3. The summed E-state index contributed by atoms with van der Waals surface area (Å²) in [5.41, 5.74) is 3.78. The summed E-state index contributed by atoms with van der Waals surface area (Å²) in [7, 11) is 0. The van der Waals surface area contributed by atoms with Gasteiger partial charge >= 0.3 is 5.97 Å². The molecule has 9 rings (SSSR count). The highest BCUT2D eigenvalue weighted by Gasteiger charge is 2.27. The summed E-state index contributed by atoms with van der Waals surface area (Å²) < 4.78 is 32.7. The fraction of sp³-hybridized carbons (Fsp3) is 0.264. The molecule has 0 aromatic heterocycles. The Hall–Kier alpha value is -6.46. The smallest absolute Gasteiger partial charge is 0.335 e. The van der Waals surface area contributed by atoms with E-state index in [2.05, 4.69) is 29.7 Å². The van der Waals surface area contributed by atoms with E-state index in [1.165, 1.54) is 19.9 Å². The fourth-order valence-corrected chi connectivity index (χ4v) is 9.88. The van der Waals surface area contributed by atoms with E-state index in [-0.39, 0.29) is 28.1 Å². The van der Waals surface area contributed by atoms with Gasteiger partial charge in [-0.3, -0.25) is 9.59 Å². The molecule has 0 atom stereocenters. The molecule has 3 saturated heterocycles. The number of anilines is 3. The molecule has 0 aliphatic carbocycles. The van der Waals surface area contributed by atoms with Crippen molar-refractivity contribution >= 4 is 70.7 Å². The van der Waals surface area contributed by atoms with Crippen LogP contribution in [0.25, 0.3) is 0 Å². The molecule has 0 bridgehead atoms. The average molecular weight is 1120 g/mol. The van der Waals surface area contributed by atoms with E-state index in [1.54, 1.807) is 18.2 Å². The van der Waals surface area contributed by atoms with Gasteiger partial charge in [-0.05, 0) is 125 Å². The molecule has 3 aliphatic heterocycles. The SMILES string of the molecule is CC(=O)c1cc(SOON)c(Oc2ccccc2)c(N2CCCC2)c1.CC(=O)c1cc(SOON)c(Oc2ccccc2)c(N2CCCC2)c1.NOOSc1cc(C(=O)O)cc(N2CCCC2)c1Oc1ccccc1.O.O. The zero-order valence-corrected chi connectivity index (χ0v) is 44.7. The lowest BCUT2D eigenvalue weighted by atomic mass is 10.1. The van der Waals surface area contributed by atoms with Crippen LogP contribution in [0.3, 0.4) is 0 Å². The second kappa shape index (κ2) is 31.7. The lowest BCUT2D eigenvalue weighted by Gasteiger charge is -2.23. The van der Waals surface area contributed by atoms with Gasteiger partial charge in [0, 0.05) is 50.4 Å². The molecule has 3 fully saturated rings. The minimum atomic E-state index is -1.03. The molecule has 0 saturated carbocycles. The second-order valence-corrected chi connectivity index (χ2v) is 19.2. The third-order valence-corrected chi connectivity index (χ3v) is 13.8. The highest BCUT2D eigenvalue weighted by Crippen LogP contribution is 2.46. The molecule has 24 heteroatoms. The van der Waals surface area contributed by atoms with Crippen molar-refractivity contribution in [3.05, 3.63) is 144 Å². The van der Waals surface area contributed by atoms with Crippen LogP contribution < -0.4 is 46.6 Å². The van der Waals surface area contributed by atoms with E-state index < -0.39 is 5.97 Å². The molecule has 11 N–H and O–H groups in total. The Kier molecular flexibility index (Phi) is 25.3. The molecule has 0 amide bonds. The van der Waals surface area contributed by atoms with Crippen molar-refractivity contribution in [3.8, 4) is 34.5 Å². The molecule has 6 aromatic carbocycles. The van der Waals surface area contributed by atoms with Gasteiger partial charge in [0.2, 0.25) is 0 Å². The van der Waals surface area contributed by atoms with E-state index in [0.29, 0.717) is 66.0 Å². The van der Waals surface area contributed by atoms with Gasteiger partial charge in [-0.2, -0.15) is 17.7 Å². The Morgan fingerprint density at radius 3 is 0.935 bits per heavy atom. The number of benzene rings is 6. The van der Waals surface area contributed by atoms with Gasteiger partial charge in [-0.1, -0.05) is 54.6 Å². The van der Waals surface area contributed by atoms with Crippen LogP contribution >= 0.6 is 36.1 Å². The van der Waals surface area contributed by atoms with Gasteiger partial charge in [-0.25, -0.2) is 4.79 Å². The van der Waals surface area contributed by atoms with Crippen molar-refractivity contribution in [1.82, 2.24) is 0 Å². The molecule has 77 heavy (non-hydrogen) atoms. The Morgan fingerprint density at radius 2 is 0.688 bits per heavy atom. The molecule has 0 radical (unpaired) electrons. The van der Waals surface area contributed by atoms with E-state index in [9.17, 15) is 19.5 Å². The summed E-state index contributed by atoms with van der Waals surface area (Å²) in [5, 5.41) is 9.42. The number of carbonyl (C=O) groups excluding carboxylic acids is 2. The predicted octanol–water partition coefficient (Wildman–Crippen LogP) is 10.2. The highest BCUT2D eigenvalue weighted by atomic mass is 32.2. The normalized spacial score (nSPS) is 13.5. The van der Waals surface area contributed by atoms with E-state index in [0.717, 1.165) is 125 Å². The highest BCUT2D eigenvalue weighted by molar-refractivity contribution is 7.95. The summed E-state index contributed by atoms with van der Waals surface area (Å²) >= 11 is 2.65. The number of Topliss-reactive ketones (excluding diaryl/α,β-unsaturated/α-hetero) is 2. The second-order valence-electron chi connectivity index (χ2n) is 17.0. The molecule has 3 heterocycles. The Bertz CT molecular complexity index is 2510. The average Bonchev–Trinajstić information content (AvgIpc) is 4.28. The summed E-state index contributed by atoms with van der Waals surface area (Å²) in [6.07, 6.45) is 6.54. The number of carbonyl (C=O) groups is 3. The Balaban J connectivity index is 0.000000210. The van der Waals surface area contributed by atoms with Crippen molar-refractivity contribution in [2.24, 2.45) is 17.7 Å². The first kappa shape index (κ1) is 61.4. The Morgan fingerprint density at radius 1 is 0.429 bits per heavy atom. The largest absolute Gasteiger partial charge is 0.478 e. The molecule has 0 spiro atoms. The first-order valence-electron chi connectivity index (χ1n) is 23.9. The molecular weight excluding hydrogens is 1060 g/mol. The van der Waals surface area contributed by atoms with Crippen LogP contribution in [0, 0.1) is 0 Å². The van der Waals surface area contributed by atoms with Crippen LogP contribution in [0.1, 0.15) is 83.4 Å². The first-order valence-corrected chi connectivity index (χ1v) is 26.1. The van der Waals surface area contributed by atoms with Crippen LogP contribution in [0.4, 0.5) is 17.1 Å². The quantitative estimate of drug-likeness (QED) is 0.0225. The van der Waals surface area contributed by atoms with E-state index in [4.69, 9.17) is 44.9 Å². The molecule has 412 valence electrons. The summed E-state index contributed by atoms with van der Waals surface area (Å²) in [5.74, 6) is 17.6. The lowest BCUT2D eigenvalue weighted by Crippen LogP contribution is -2.19. The first-order chi connectivity index (χ1) is 36.6. The zero-order valence-electron chi connectivity index (χ0n) is 42.3. The summed E-state index contributed by atoms with van der Waals surface area (Å²) in [6, 6.07) is 38.5. The number of ether oxygens (including phenoxy) is 3. The number of nitrogens with zero attached hydrogens (tertiary/aromatic N) is 3. The monoisotopic (exact) mass is 1120 g/mol. The van der Waals surface area contributed by atoms with Gasteiger partial charge < -0.3 is 45.0 Å². The lowest BCUT2D eigenvalue weighted by molar-refractivity contribution is -0.195. The maximum Gasteiger partial charge on any atom is 0.335 e. The van der Waals surface area contributed by atoms with Crippen LogP contribution in [0.5, 0.6) is 34.5 Å². The van der Waals surface area contributed by atoms with E-state index >= 15 is 0 Å². The fourth-order valence-electron chi connectivity index (χ4n) is 8.35.